The van der Waals surface area contributed by atoms with Crippen LogP contribution in [0.5, 0.6) is 0 Å². The van der Waals surface area contributed by atoms with E-state index in [1.807, 2.05) is 6.92 Å². The first-order chi connectivity index (χ1) is 10.1. The fourth-order valence-corrected chi connectivity index (χ4v) is 3.36. The molecule has 21 heavy (non-hydrogen) atoms. The predicted octanol–water partition coefficient (Wildman–Crippen LogP) is 1.12. The van der Waals surface area contributed by atoms with E-state index in [4.69, 9.17) is 10.5 Å². The first-order valence-electron chi connectivity index (χ1n) is 8.40. The Labute approximate surface area is 128 Å². The maximum Gasteiger partial charge on any atom is 0.237 e. The van der Waals surface area contributed by atoms with Crippen molar-refractivity contribution in [1.29, 1.82) is 0 Å². The van der Waals surface area contributed by atoms with Crippen molar-refractivity contribution in [2.45, 2.75) is 57.0 Å². The van der Waals surface area contributed by atoms with Gasteiger partial charge >= 0.3 is 0 Å². The molecule has 0 aromatic carbocycles. The van der Waals surface area contributed by atoms with E-state index < -0.39 is 5.54 Å². The zero-order valence-corrected chi connectivity index (χ0v) is 13.6. The van der Waals surface area contributed by atoms with Gasteiger partial charge in [0.05, 0.1) is 12.1 Å². The Morgan fingerprint density at radius 2 is 2.19 bits per heavy atom. The van der Waals surface area contributed by atoms with Crippen molar-refractivity contribution in [1.82, 2.24) is 10.2 Å². The van der Waals surface area contributed by atoms with Crippen LogP contribution >= 0.6 is 0 Å². The van der Waals surface area contributed by atoms with Crippen molar-refractivity contribution in [3.8, 4) is 0 Å². The summed E-state index contributed by atoms with van der Waals surface area (Å²) < 4.78 is 5.72. The van der Waals surface area contributed by atoms with E-state index in [1.54, 1.807) is 0 Å². The van der Waals surface area contributed by atoms with Crippen LogP contribution in [-0.4, -0.2) is 55.7 Å². The van der Waals surface area contributed by atoms with Gasteiger partial charge in [-0.1, -0.05) is 6.92 Å². The molecule has 0 bridgehead atoms. The summed E-state index contributed by atoms with van der Waals surface area (Å²) in [7, 11) is 2.13. The minimum absolute atomic E-state index is 0.201. The lowest BCUT2D eigenvalue weighted by molar-refractivity contribution is -0.126. The molecule has 2 aliphatic carbocycles. The SMILES string of the molecule is CCNC1(C(N)=O)CCCC(N(C)CCOCC2CC2)C1. The maximum atomic E-state index is 11.9. The first-order valence-corrected chi connectivity index (χ1v) is 8.40. The average molecular weight is 297 g/mol. The van der Waals surface area contributed by atoms with Crippen LogP contribution in [0.2, 0.25) is 0 Å². The zero-order chi connectivity index (χ0) is 15.3. The molecule has 122 valence electrons. The van der Waals surface area contributed by atoms with Crippen LogP contribution in [0, 0.1) is 5.92 Å². The molecule has 0 spiro atoms. The molecular weight excluding hydrogens is 266 g/mol. The second kappa shape index (κ2) is 7.56. The first kappa shape index (κ1) is 16.7. The number of hydrogen-bond donors (Lipinski definition) is 2. The van der Waals surface area contributed by atoms with Crippen LogP contribution < -0.4 is 11.1 Å². The molecule has 0 aromatic rings. The van der Waals surface area contributed by atoms with Gasteiger partial charge in [-0.3, -0.25) is 4.79 Å². The summed E-state index contributed by atoms with van der Waals surface area (Å²) in [6.45, 7) is 5.45. The summed E-state index contributed by atoms with van der Waals surface area (Å²) in [4.78, 5) is 14.2. The highest BCUT2D eigenvalue weighted by molar-refractivity contribution is 5.84. The summed E-state index contributed by atoms with van der Waals surface area (Å²) in [6, 6.07) is 0.412. The minimum Gasteiger partial charge on any atom is -0.380 e. The molecule has 5 nitrogen and oxygen atoms in total. The van der Waals surface area contributed by atoms with Gasteiger partial charge in [-0.25, -0.2) is 0 Å². The Kier molecular flexibility index (Phi) is 6.02. The highest BCUT2D eigenvalue weighted by Gasteiger charge is 2.41. The number of nitrogens with zero attached hydrogens (tertiary/aromatic N) is 1. The maximum absolute atomic E-state index is 11.9. The van der Waals surface area contributed by atoms with Gasteiger partial charge in [-0.15, -0.1) is 0 Å². The molecule has 0 radical (unpaired) electrons. The molecule has 3 N–H and O–H groups in total. The van der Waals surface area contributed by atoms with Gasteiger partial charge < -0.3 is 20.7 Å². The molecule has 2 aliphatic rings. The van der Waals surface area contributed by atoms with Crippen molar-refractivity contribution in [3.05, 3.63) is 0 Å². The monoisotopic (exact) mass is 297 g/mol. The van der Waals surface area contributed by atoms with E-state index >= 15 is 0 Å². The highest BCUT2D eigenvalue weighted by atomic mass is 16.5. The summed E-state index contributed by atoms with van der Waals surface area (Å²) in [5.41, 5.74) is 5.15. The Morgan fingerprint density at radius 1 is 1.43 bits per heavy atom. The van der Waals surface area contributed by atoms with Gasteiger partial charge in [0.15, 0.2) is 0 Å². The van der Waals surface area contributed by atoms with Gasteiger partial charge in [-0.2, -0.15) is 0 Å². The van der Waals surface area contributed by atoms with Crippen molar-refractivity contribution in [2.24, 2.45) is 11.7 Å². The molecule has 0 aromatic heterocycles. The lowest BCUT2D eigenvalue weighted by Crippen LogP contribution is -2.60. The zero-order valence-electron chi connectivity index (χ0n) is 13.6. The fraction of sp³-hybridized carbons (Fsp3) is 0.938. The molecular formula is C16H31N3O2. The number of nitrogens with two attached hydrogens (primary N) is 1. The Bertz CT molecular complexity index is 342. The molecule has 1 amide bonds. The standard InChI is InChI=1S/C16H31N3O2/c1-3-18-16(15(17)20)8-4-5-14(11-16)19(2)9-10-21-12-13-6-7-13/h13-14,18H,3-12H2,1-2H3,(H2,17,20). The number of ether oxygens (including phenoxy) is 1. The summed E-state index contributed by atoms with van der Waals surface area (Å²) in [6.07, 6.45) is 6.53. The minimum atomic E-state index is -0.513. The van der Waals surface area contributed by atoms with E-state index in [2.05, 4.69) is 17.3 Å². The van der Waals surface area contributed by atoms with Gasteiger partial charge in [0, 0.05) is 19.2 Å². The van der Waals surface area contributed by atoms with E-state index in [0.29, 0.717) is 6.04 Å². The number of carbonyl (C=O) groups is 1. The number of nitrogens with one attached hydrogen (secondary N) is 1. The average Bonchev–Trinajstić information content (AvgIpc) is 3.28. The Hall–Kier alpha value is -0.650. The van der Waals surface area contributed by atoms with E-state index in [-0.39, 0.29) is 5.91 Å². The third kappa shape index (κ3) is 4.66. The molecule has 2 fully saturated rings. The quantitative estimate of drug-likeness (QED) is 0.626. The number of likely N-dealkylation sites (N-methyl/N-ethyl adjacent to an activating group) is 2. The topological polar surface area (TPSA) is 67.6 Å². The normalized spacial score (nSPS) is 29.8. The number of rotatable bonds is 9. The van der Waals surface area contributed by atoms with Crippen LogP contribution in [0.4, 0.5) is 0 Å². The molecule has 0 heterocycles. The van der Waals surface area contributed by atoms with E-state index in [0.717, 1.165) is 57.9 Å². The van der Waals surface area contributed by atoms with Crippen LogP contribution in [0.3, 0.4) is 0 Å². The molecule has 5 heteroatoms. The van der Waals surface area contributed by atoms with Crippen LogP contribution in [0.25, 0.3) is 0 Å². The van der Waals surface area contributed by atoms with Crippen LogP contribution in [0.15, 0.2) is 0 Å². The third-order valence-electron chi connectivity index (χ3n) is 4.97. The largest absolute Gasteiger partial charge is 0.380 e. The predicted molar refractivity (Wildman–Crippen MR) is 84.0 cm³/mol. The van der Waals surface area contributed by atoms with Crippen LogP contribution in [0.1, 0.15) is 45.4 Å². The van der Waals surface area contributed by atoms with E-state index in [1.165, 1.54) is 12.8 Å². The highest BCUT2D eigenvalue weighted by Crippen LogP contribution is 2.31. The second-order valence-electron chi connectivity index (χ2n) is 6.73. The summed E-state index contributed by atoms with van der Waals surface area (Å²) >= 11 is 0. The molecule has 2 atom stereocenters. The second-order valence-corrected chi connectivity index (χ2v) is 6.73. The summed E-state index contributed by atoms with van der Waals surface area (Å²) in [5.74, 6) is 0.619. The lowest BCUT2D eigenvalue weighted by atomic mass is 9.78. The number of carbonyl (C=O) groups excluding carboxylic acids is 1. The number of amides is 1. The third-order valence-corrected chi connectivity index (χ3v) is 4.97. The number of primary amides is 1. The van der Waals surface area contributed by atoms with Gasteiger partial charge in [0.2, 0.25) is 5.91 Å². The number of hydrogen-bond acceptors (Lipinski definition) is 4. The molecule has 0 saturated heterocycles. The van der Waals surface area contributed by atoms with Crippen LogP contribution in [-0.2, 0) is 9.53 Å². The van der Waals surface area contributed by atoms with Crippen molar-refractivity contribution in [2.75, 3.05) is 33.4 Å². The molecule has 2 rings (SSSR count). The van der Waals surface area contributed by atoms with E-state index in [9.17, 15) is 4.79 Å². The van der Waals surface area contributed by atoms with Crippen molar-refractivity contribution < 1.29 is 9.53 Å². The molecule has 0 aliphatic heterocycles. The van der Waals surface area contributed by atoms with Gasteiger partial charge in [0.1, 0.15) is 0 Å². The summed E-state index contributed by atoms with van der Waals surface area (Å²) in [5, 5.41) is 3.34. The molecule has 2 saturated carbocycles. The Morgan fingerprint density at radius 3 is 2.81 bits per heavy atom. The van der Waals surface area contributed by atoms with Crippen molar-refractivity contribution in [3.63, 3.8) is 0 Å². The molecule has 2 unspecified atom stereocenters. The lowest BCUT2D eigenvalue weighted by Gasteiger charge is -2.42. The van der Waals surface area contributed by atoms with Gasteiger partial charge in [0.25, 0.3) is 0 Å². The fourth-order valence-electron chi connectivity index (χ4n) is 3.36. The van der Waals surface area contributed by atoms with Crippen molar-refractivity contribution >= 4 is 5.91 Å². The smallest absolute Gasteiger partial charge is 0.237 e. The van der Waals surface area contributed by atoms with Gasteiger partial charge in [-0.05, 0) is 58.0 Å². The Balaban J connectivity index is 1.78.